The van der Waals surface area contributed by atoms with E-state index in [1.165, 1.54) is 19.2 Å². The smallest absolute Gasteiger partial charge is 0.543 e. The first-order chi connectivity index (χ1) is 20.7. The molecule has 9 atom stereocenters. The molecular formula is C29H36Cl2NNaO12. The number of aliphatic hydroxyl groups is 4. The van der Waals surface area contributed by atoms with Gasteiger partial charge in [0.2, 0.25) is 5.91 Å². The van der Waals surface area contributed by atoms with Gasteiger partial charge in [0.05, 0.1) is 23.8 Å². The maximum atomic E-state index is 12.6. The van der Waals surface area contributed by atoms with Gasteiger partial charge in [0.15, 0.2) is 5.60 Å². The zero-order valence-electron chi connectivity index (χ0n) is 25.1. The summed E-state index contributed by atoms with van der Waals surface area (Å²) in [5.41, 5.74) is -0.428. The summed E-state index contributed by atoms with van der Waals surface area (Å²) in [6, 6.07) is 3.18. The maximum absolute atomic E-state index is 12.6. The van der Waals surface area contributed by atoms with Crippen LogP contribution in [0, 0.1) is 17.8 Å². The number of amides is 1. The predicted octanol–water partition coefficient (Wildman–Crippen LogP) is -3.15. The van der Waals surface area contributed by atoms with Crippen molar-refractivity contribution in [2.75, 3.05) is 13.7 Å². The number of hydrogen-bond donors (Lipinski definition) is 5. The number of nitrogens with one attached hydrogen (secondary N) is 1. The third-order valence-electron chi connectivity index (χ3n) is 10.2. The molecule has 1 spiro atoms. The van der Waals surface area contributed by atoms with Crippen molar-refractivity contribution < 1.29 is 88.7 Å². The average molecular weight is 684 g/mol. The van der Waals surface area contributed by atoms with Gasteiger partial charge >= 0.3 is 29.6 Å². The van der Waals surface area contributed by atoms with Crippen LogP contribution >= 0.6 is 23.2 Å². The van der Waals surface area contributed by atoms with Crippen molar-refractivity contribution in [3.63, 3.8) is 0 Å². The molecule has 0 aromatic heterocycles. The number of ether oxygens (including phenoxy) is 3. The number of methoxy groups -OCH3 is 1. The van der Waals surface area contributed by atoms with E-state index >= 15 is 0 Å². The van der Waals surface area contributed by atoms with Crippen LogP contribution in [0.4, 0.5) is 0 Å². The maximum Gasteiger partial charge on any atom is 1.00 e. The molecule has 45 heavy (non-hydrogen) atoms. The third kappa shape index (κ3) is 5.53. The molecule has 0 radical (unpaired) electrons. The summed E-state index contributed by atoms with van der Waals surface area (Å²) in [5, 5.41) is 56.2. The standard InChI is InChI=1S/C29H37Cl2NO12.Na/c1-13(34)32-22-19(35)11-27(25(38)39,42-24(22)23(37)20(36)12-33)41-21-7-15(3-4-18(21)30)29(40-2)28(43-44-29)16-5-14-6-17(28)10-26(31,8-14)9-16;/h3-4,7,14,16-17,19-20,22-24,33,35-37H,5-6,8-12H2,1-2H3,(H,32,34)(H,38,39);/q;+1/p-1. The number of carboxylic acids is 1. The number of alkyl halides is 1. The van der Waals surface area contributed by atoms with Gasteiger partial charge in [0, 0.05) is 30.9 Å². The summed E-state index contributed by atoms with van der Waals surface area (Å²) >= 11 is 13.5. The molecule has 1 aromatic rings. The van der Waals surface area contributed by atoms with Crippen molar-refractivity contribution in [2.45, 2.75) is 98.0 Å². The average Bonchev–Trinajstić information content (AvgIpc) is 2.94. The Morgan fingerprint density at radius 2 is 1.82 bits per heavy atom. The van der Waals surface area contributed by atoms with E-state index in [2.05, 4.69) is 5.32 Å². The van der Waals surface area contributed by atoms with Gasteiger partial charge in [-0.2, -0.15) is 4.89 Å². The molecule has 6 fully saturated rings. The van der Waals surface area contributed by atoms with Crippen LogP contribution in [0.5, 0.6) is 5.75 Å². The van der Waals surface area contributed by atoms with Gasteiger partial charge in [-0.15, -0.1) is 11.6 Å². The van der Waals surface area contributed by atoms with Crippen LogP contribution in [0.3, 0.4) is 0 Å². The van der Waals surface area contributed by atoms with E-state index < -0.39 is 72.5 Å². The van der Waals surface area contributed by atoms with Gasteiger partial charge < -0.3 is 49.9 Å². The Morgan fingerprint density at radius 1 is 1.16 bits per heavy atom. The van der Waals surface area contributed by atoms with Gasteiger partial charge in [-0.05, 0) is 62.0 Å². The van der Waals surface area contributed by atoms with Crippen LogP contribution in [0.25, 0.3) is 0 Å². The molecule has 1 aromatic carbocycles. The monoisotopic (exact) mass is 683 g/mol. The Labute approximate surface area is 291 Å². The first-order valence-electron chi connectivity index (χ1n) is 14.6. The second-order valence-corrected chi connectivity index (χ2v) is 14.1. The summed E-state index contributed by atoms with van der Waals surface area (Å²) in [6.07, 6.45) is -3.72. The van der Waals surface area contributed by atoms with Crippen molar-refractivity contribution in [2.24, 2.45) is 17.8 Å². The van der Waals surface area contributed by atoms with Crippen molar-refractivity contribution in [1.29, 1.82) is 0 Å². The van der Waals surface area contributed by atoms with E-state index in [4.69, 9.17) is 47.2 Å². The van der Waals surface area contributed by atoms with E-state index in [1.54, 1.807) is 6.07 Å². The summed E-state index contributed by atoms with van der Waals surface area (Å²) in [4.78, 5) is 36.0. The Kier molecular flexibility index (Phi) is 9.94. The number of aliphatic hydroxyl groups excluding tert-OH is 4. The van der Waals surface area contributed by atoms with E-state index in [0.717, 1.165) is 39.0 Å². The first kappa shape index (κ1) is 35.5. The SMILES string of the molecule is COC1(c2ccc(Cl)c(OC3(C(=O)[O-])CC(O)C(NC(C)=O)C(C(O)C(O)CO)O3)c2)OOC12C1CC3CC2CC(Cl)(C3)C1.[Na+]. The van der Waals surface area contributed by atoms with Crippen molar-refractivity contribution in [1.82, 2.24) is 5.32 Å². The molecule has 4 bridgehead atoms. The van der Waals surface area contributed by atoms with E-state index in [-0.39, 0.29) is 57.0 Å². The second kappa shape index (κ2) is 12.6. The fourth-order valence-electron chi connectivity index (χ4n) is 8.53. The number of aliphatic carboxylic acids is 1. The molecule has 13 nitrogen and oxygen atoms in total. The predicted molar refractivity (Wildman–Crippen MR) is 148 cm³/mol. The minimum absolute atomic E-state index is 0. The van der Waals surface area contributed by atoms with Crippen LogP contribution in [-0.2, 0) is 34.6 Å². The number of carbonyl (C=O) groups is 2. The molecule has 6 aliphatic rings. The number of benzene rings is 1. The van der Waals surface area contributed by atoms with Crippen LogP contribution in [0.15, 0.2) is 18.2 Å². The molecule has 7 rings (SSSR count). The summed E-state index contributed by atoms with van der Waals surface area (Å²) in [5.74, 6) is -6.34. The van der Waals surface area contributed by atoms with E-state index in [1.807, 2.05) is 0 Å². The zero-order valence-corrected chi connectivity index (χ0v) is 28.6. The molecule has 2 saturated heterocycles. The molecule has 4 saturated carbocycles. The molecule has 16 heteroatoms. The fraction of sp³-hybridized carbons (Fsp3) is 0.724. The molecule has 4 aliphatic carbocycles. The fourth-order valence-corrected chi connectivity index (χ4v) is 9.28. The molecule has 244 valence electrons. The van der Waals surface area contributed by atoms with Gasteiger partial charge in [-0.25, -0.2) is 4.89 Å². The second-order valence-electron chi connectivity index (χ2n) is 12.9. The van der Waals surface area contributed by atoms with Crippen LogP contribution in [-0.4, -0.2) is 92.7 Å². The van der Waals surface area contributed by atoms with Crippen molar-refractivity contribution in [3.8, 4) is 5.75 Å². The van der Waals surface area contributed by atoms with Gasteiger partial charge in [0.25, 0.3) is 11.6 Å². The number of carbonyl (C=O) groups excluding carboxylic acids is 2. The topological polar surface area (TPSA) is 196 Å². The van der Waals surface area contributed by atoms with Crippen LogP contribution in [0.2, 0.25) is 5.02 Å². The minimum Gasteiger partial charge on any atom is -0.543 e. The van der Waals surface area contributed by atoms with Gasteiger partial charge in [-0.1, -0.05) is 17.7 Å². The molecule has 2 heterocycles. The normalized spacial score (nSPS) is 42.8. The Bertz CT molecular complexity index is 1300. The largest absolute Gasteiger partial charge is 1.00 e. The summed E-state index contributed by atoms with van der Waals surface area (Å²) in [6.45, 7) is 0.218. The number of halogens is 2. The number of rotatable bonds is 9. The first-order valence-corrected chi connectivity index (χ1v) is 15.4. The van der Waals surface area contributed by atoms with Crippen LogP contribution < -0.4 is 44.7 Å². The van der Waals surface area contributed by atoms with Crippen molar-refractivity contribution >= 4 is 35.1 Å². The van der Waals surface area contributed by atoms with Crippen LogP contribution in [0.1, 0.15) is 51.0 Å². The Morgan fingerprint density at radius 3 is 2.33 bits per heavy atom. The molecular weight excluding hydrogens is 648 g/mol. The molecule has 2 aliphatic heterocycles. The third-order valence-corrected chi connectivity index (χ3v) is 11.0. The minimum atomic E-state index is -2.75. The van der Waals surface area contributed by atoms with E-state index in [9.17, 15) is 35.1 Å². The van der Waals surface area contributed by atoms with E-state index in [0.29, 0.717) is 11.5 Å². The van der Waals surface area contributed by atoms with Gasteiger partial charge in [0.1, 0.15) is 30.0 Å². The Balaban J connectivity index is 0.00000400. The molecule has 1 amide bonds. The number of carboxylic acid groups (broad SMARTS) is 1. The quantitative estimate of drug-likeness (QED) is 0.0998. The van der Waals surface area contributed by atoms with Crippen molar-refractivity contribution in [3.05, 3.63) is 28.8 Å². The summed E-state index contributed by atoms with van der Waals surface area (Å²) < 4.78 is 17.7. The Hall–Kier alpha value is -0.780. The molecule has 9 unspecified atom stereocenters. The van der Waals surface area contributed by atoms with Gasteiger partial charge in [-0.3, -0.25) is 4.79 Å². The molecule has 5 N–H and O–H groups in total. The summed E-state index contributed by atoms with van der Waals surface area (Å²) in [7, 11) is 1.49. The number of hydrogen-bond acceptors (Lipinski definition) is 12. The zero-order chi connectivity index (χ0) is 31.8.